The fourth-order valence-corrected chi connectivity index (χ4v) is 2.86. The molecule has 6 heteroatoms. The summed E-state index contributed by atoms with van der Waals surface area (Å²) in [7, 11) is 0. The minimum atomic E-state index is 0.251. The zero-order valence-corrected chi connectivity index (χ0v) is 12.7. The van der Waals surface area contributed by atoms with Crippen molar-refractivity contribution in [2.24, 2.45) is 5.92 Å². The van der Waals surface area contributed by atoms with Crippen molar-refractivity contribution in [1.29, 1.82) is 0 Å². The second kappa shape index (κ2) is 6.28. The summed E-state index contributed by atoms with van der Waals surface area (Å²) in [6, 6.07) is 0. The van der Waals surface area contributed by atoms with Gasteiger partial charge in [-0.15, -0.1) is 0 Å². The summed E-state index contributed by atoms with van der Waals surface area (Å²) < 4.78 is 6.17. The third-order valence-electron chi connectivity index (χ3n) is 3.97. The lowest BCUT2D eigenvalue weighted by Crippen LogP contribution is -2.24. The molecule has 0 saturated heterocycles. The molecule has 0 radical (unpaired) electrons. The molecule has 1 aliphatic carbocycles. The molecule has 6 nitrogen and oxygen atoms in total. The lowest BCUT2D eigenvalue weighted by atomic mass is 9.89. The van der Waals surface area contributed by atoms with Gasteiger partial charge >= 0.3 is 0 Å². The number of fused-ring (bicyclic) bond motifs is 1. The number of aromatic amines is 1. The second-order valence-corrected chi connectivity index (χ2v) is 5.92. The molecule has 1 fully saturated rings. The summed E-state index contributed by atoms with van der Waals surface area (Å²) >= 11 is 0. The first-order valence-corrected chi connectivity index (χ1v) is 7.88. The molecule has 2 N–H and O–H groups in total. The van der Waals surface area contributed by atoms with Crippen molar-refractivity contribution in [2.45, 2.75) is 52.1 Å². The molecule has 2 aromatic heterocycles. The van der Waals surface area contributed by atoms with Crippen molar-refractivity contribution < 1.29 is 4.74 Å². The van der Waals surface area contributed by atoms with E-state index in [2.05, 4.69) is 39.3 Å². The van der Waals surface area contributed by atoms with Gasteiger partial charge in [0.2, 0.25) is 11.8 Å². The Morgan fingerprint density at radius 1 is 1.38 bits per heavy atom. The van der Waals surface area contributed by atoms with Gasteiger partial charge in [-0.1, -0.05) is 20.3 Å². The number of aromatic nitrogens is 4. The molecule has 2 atom stereocenters. The van der Waals surface area contributed by atoms with Crippen molar-refractivity contribution >= 4 is 17.0 Å². The van der Waals surface area contributed by atoms with Crippen LogP contribution in [0.15, 0.2) is 6.20 Å². The Morgan fingerprint density at radius 2 is 2.29 bits per heavy atom. The molecule has 1 saturated carbocycles. The number of hydrogen-bond acceptors (Lipinski definition) is 5. The molecule has 2 unspecified atom stereocenters. The number of ether oxygens (including phenoxy) is 1. The topological polar surface area (TPSA) is 75.7 Å². The van der Waals surface area contributed by atoms with E-state index in [1.54, 1.807) is 6.20 Å². The molecule has 3 rings (SSSR count). The molecule has 2 aromatic rings. The van der Waals surface area contributed by atoms with Gasteiger partial charge in [0, 0.05) is 6.54 Å². The van der Waals surface area contributed by atoms with E-state index in [0.717, 1.165) is 42.8 Å². The third-order valence-corrected chi connectivity index (χ3v) is 3.97. The van der Waals surface area contributed by atoms with E-state index in [1.807, 2.05) is 0 Å². The van der Waals surface area contributed by atoms with E-state index in [4.69, 9.17) is 4.74 Å². The van der Waals surface area contributed by atoms with Crippen molar-refractivity contribution in [2.75, 3.05) is 11.9 Å². The molecule has 0 amide bonds. The van der Waals surface area contributed by atoms with Crippen molar-refractivity contribution in [3.05, 3.63) is 6.20 Å². The van der Waals surface area contributed by atoms with Gasteiger partial charge in [0.15, 0.2) is 5.65 Å². The van der Waals surface area contributed by atoms with Gasteiger partial charge in [-0.3, -0.25) is 5.10 Å². The number of nitrogens with one attached hydrogen (secondary N) is 2. The van der Waals surface area contributed by atoms with E-state index in [-0.39, 0.29) is 6.10 Å². The van der Waals surface area contributed by atoms with Crippen molar-refractivity contribution in [3.63, 3.8) is 0 Å². The fraction of sp³-hybridized carbons (Fsp3) is 0.667. The molecule has 1 aliphatic rings. The SMILES string of the molecule is CCCNc1nc(OC2CCCC(C)C2)c2cn[nH]c2n1. The Bertz CT molecular complexity index is 597. The first-order valence-electron chi connectivity index (χ1n) is 7.88. The first kappa shape index (κ1) is 14.1. The van der Waals surface area contributed by atoms with Gasteiger partial charge in [0.1, 0.15) is 11.5 Å². The molecule has 0 spiro atoms. The predicted octanol–water partition coefficient (Wildman–Crippen LogP) is 3.13. The summed E-state index contributed by atoms with van der Waals surface area (Å²) in [6.45, 7) is 5.25. The highest BCUT2D eigenvalue weighted by atomic mass is 16.5. The van der Waals surface area contributed by atoms with E-state index in [9.17, 15) is 0 Å². The van der Waals surface area contributed by atoms with Gasteiger partial charge in [-0.25, -0.2) is 0 Å². The Kier molecular flexibility index (Phi) is 4.22. The van der Waals surface area contributed by atoms with E-state index in [0.29, 0.717) is 11.8 Å². The Hall–Kier alpha value is -1.85. The van der Waals surface area contributed by atoms with Crippen LogP contribution in [0.3, 0.4) is 0 Å². The molecule has 0 aromatic carbocycles. The lowest BCUT2D eigenvalue weighted by Gasteiger charge is -2.27. The van der Waals surface area contributed by atoms with E-state index >= 15 is 0 Å². The maximum absolute atomic E-state index is 6.17. The Labute approximate surface area is 124 Å². The quantitative estimate of drug-likeness (QED) is 0.884. The second-order valence-electron chi connectivity index (χ2n) is 5.92. The van der Waals surface area contributed by atoms with Crippen LogP contribution in [0.1, 0.15) is 46.0 Å². The van der Waals surface area contributed by atoms with Crippen LogP contribution >= 0.6 is 0 Å². The maximum atomic E-state index is 6.17. The summed E-state index contributed by atoms with van der Waals surface area (Å²) in [5, 5.41) is 11.0. The van der Waals surface area contributed by atoms with Gasteiger partial charge in [-0.05, 0) is 31.6 Å². The lowest BCUT2D eigenvalue weighted by molar-refractivity contribution is 0.126. The number of nitrogens with zero attached hydrogens (tertiary/aromatic N) is 3. The molecule has 21 heavy (non-hydrogen) atoms. The van der Waals surface area contributed by atoms with Crippen LogP contribution < -0.4 is 10.1 Å². The van der Waals surface area contributed by atoms with Crippen LogP contribution in [-0.4, -0.2) is 32.8 Å². The maximum Gasteiger partial charge on any atom is 0.229 e. The minimum Gasteiger partial charge on any atom is -0.474 e. The third kappa shape index (κ3) is 3.25. The molecule has 0 bridgehead atoms. The molecular formula is C15H23N5O. The zero-order valence-electron chi connectivity index (χ0n) is 12.7. The standard InChI is InChI=1S/C15H23N5O/c1-3-7-16-15-18-13-12(9-17-20-13)14(19-15)21-11-6-4-5-10(2)8-11/h9-11H,3-8H2,1-2H3,(H2,16,17,18,19,20). The first-order chi connectivity index (χ1) is 10.3. The van der Waals surface area contributed by atoms with Crippen LogP contribution in [0.5, 0.6) is 5.88 Å². The van der Waals surface area contributed by atoms with Crippen molar-refractivity contribution in [3.8, 4) is 5.88 Å². The van der Waals surface area contributed by atoms with E-state index < -0.39 is 0 Å². The smallest absolute Gasteiger partial charge is 0.229 e. The number of H-pyrrole nitrogens is 1. The zero-order chi connectivity index (χ0) is 14.7. The molecular weight excluding hydrogens is 266 g/mol. The highest BCUT2D eigenvalue weighted by Gasteiger charge is 2.22. The van der Waals surface area contributed by atoms with Crippen LogP contribution in [0.25, 0.3) is 11.0 Å². The summed E-state index contributed by atoms with van der Waals surface area (Å²) in [5.41, 5.74) is 0.725. The Morgan fingerprint density at radius 3 is 3.10 bits per heavy atom. The molecule has 2 heterocycles. The summed E-state index contributed by atoms with van der Waals surface area (Å²) in [5.74, 6) is 1.97. The predicted molar refractivity (Wildman–Crippen MR) is 82.5 cm³/mol. The van der Waals surface area contributed by atoms with Crippen LogP contribution in [-0.2, 0) is 0 Å². The van der Waals surface area contributed by atoms with Gasteiger partial charge in [-0.2, -0.15) is 15.1 Å². The molecule has 0 aliphatic heterocycles. The van der Waals surface area contributed by atoms with E-state index in [1.165, 1.54) is 12.8 Å². The normalized spacial score (nSPS) is 22.4. The van der Waals surface area contributed by atoms with Gasteiger partial charge in [0.05, 0.1) is 6.20 Å². The minimum absolute atomic E-state index is 0.251. The highest BCUT2D eigenvalue weighted by Crippen LogP contribution is 2.29. The summed E-state index contributed by atoms with van der Waals surface area (Å²) in [4.78, 5) is 8.95. The highest BCUT2D eigenvalue weighted by molar-refractivity contribution is 5.80. The van der Waals surface area contributed by atoms with Crippen LogP contribution in [0.4, 0.5) is 5.95 Å². The number of hydrogen-bond donors (Lipinski definition) is 2. The fourth-order valence-electron chi connectivity index (χ4n) is 2.86. The number of anilines is 1. The Balaban J connectivity index is 1.83. The number of rotatable bonds is 5. The van der Waals surface area contributed by atoms with Crippen molar-refractivity contribution in [1.82, 2.24) is 20.2 Å². The average molecular weight is 289 g/mol. The summed E-state index contributed by atoms with van der Waals surface area (Å²) in [6.07, 6.45) is 7.74. The largest absolute Gasteiger partial charge is 0.474 e. The van der Waals surface area contributed by atoms with Gasteiger partial charge < -0.3 is 10.1 Å². The van der Waals surface area contributed by atoms with Gasteiger partial charge in [0.25, 0.3) is 0 Å². The monoisotopic (exact) mass is 289 g/mol. The average Bonchev–Trinajstić information content (AvgIpc) is 2.94. The molecule has 114 valence electrons. The van der Waals surface area contributed by atoms with Crippen LogP contribution in [0, 0.1) is 5.92 Å². The van der Waals surface area contributed by atoms with Crippen LogP contribution in [0.2, 0.25) is 0 Å².